The van der Waals surface area contributed by atoms with Crippen molar-refractivity contribution >= 4 is 23.5 Å². The molecule has 1 aromatic heterocycles. The maximum atomic E-state index is 5.27. The summed E-state index contributed by atoms with van der Waals surface area (Å²) in [7, 11) is 1.68. The average molecular weight is 261 g/mol. The number of ether oxygens (including phenoxy) is 1. The van der Waals surface area contributed by atoms with Crippen molar-refractivity contribution in [1.82, 2.24) is 4.98 Å². The number of hydrogen-bond acceptors (Lipinski definition) is 3. The minimum absolute atomic E-state index is 0.0474. The fraction of sp³-hybridized carbons (Fsp3) is 0.400. The SMILES string of the molecule is COc1ccc2nc(C(C)(C)C)cc(CS)c2c1. The van der Waals surface area contributed by atoms with Crippen LogP contribution in [0.3, 0.4) is 0 Å². The number of benzene rings is 1. The van der Waals surface area contributed by atoms with Crippen molar-refractivity contribution < 1.29 is 4.74 Å². The quantitative estimate of drug-likeness (QED) is 0.826. The zero-order valence-electron chi connectivity index (χ0n) is 11.3. The smallest absolute Gasteiger partial charge is 0.119 e. The Kier molecular flexibility index (Phi) is 3.53. The van der Waals surface area contributed by atoms with Crippen LogP contribution in [-0.2, 0) is 11.2 Å². The van der Waals surface area contributed by atoms with Crippen molar-refractivity contribution in [2.24, 2.45) is 0 Å². The lowest BCUT2D eigenvalue weighted by atomic mass is 9.90. The minimum Gasteiger partial charge on any atom is -0.497 e. The molecule has 2 nitrogen and oxygen atoms in total. The lowest BCUT2D eigenvalue weighted by Crippen LogP contribution is -2.14. The summed E-state index contributed by atoms with van der Waals surface area (Å²) in [5.74, 6) is 1.56. The van der Waals surface area contributed by atoms with E-state index >= 15 is 0 Å². The Morgan fingerprint density at radius 3 is 2.50 bits per heavy atom. The highest BCUT2D eigenvalue weighted by molar-refractivity contribution is 7.79. The zero-order valence-corrected chi connectivity index (χ0v) is 12.2. The number of aromatic nitrogens is 1. The Hall–Kier alpha value is -1.22. The van der Waals surface area contributed by atoms with Gasteiger partial charge in [-0.2, -0.15) is 12.6 Å². The fourth-order valence-corrected chi connectivity index (χ4v) is 2.18. The first kappa shape index (κ1) is 13.2. The Balaban J connectivity index is 2.71. The van der Waals surface area contributed by atoms with Crippen LogP contribution in [-0.4, -0.2) is 12.1 Å². The Morgan fingerprint density at radius 1 is 1.22 bits per heavy atom. The molecule has 0 spiro atoms. The van der Waals surface area contributed by atoms with E-state index < -0.39 is 0 Å². The molecule has 18 heavy (non-hydrogen) atoms. The third-order valence-corrected chi connectivity index (χ3v) is 3.38. The van der Waals surface area contributed by atoms with Crippen molar-refractivity contribution in [3.63, 3.8) is 0 Å². The second-order valence-corrected chi connectivity index (χ2v) is 5.77. The van der Waals surface area contributed by atoms with E-state index in [0.717, 1.165) is 22.3 Å². The van der Waals surface area contributed by atoms with E-state index in [1.54, 1.807) is 7.11 Å². The second-order valence-electron chi connectivity index (χ2n) is 5.46. The largest absolute Gasteiger partial charge is 0.497 e. The first-order valence-corrected chi connectivity index (χ1v) is 6.68. The third-order valence-electron chi connectivity index (χ3n) is 3.04. The number of pyridine rings is 1. The number of methoxy groups -OCH3 is 1. The van der Waals surface area contributed by atoms with Crippen LogP contribution in [0.2, 0.25) is 0 Å². The molecule has 0 fully saturated rings. The predicted molar refractivity (Wildman–Crippen MR) is 79.7 cm³/mol. The van der Waals surface area contributed by atoms with Gasteiger partial charge in [0.25, 0.3) is 0 Å². The van der Waals surface area contributed by atoms with E-state index in [4.69, 9.17) is 9.72 Å². The lowest BCUT2D eigenvalue weighted by molar-refractivity contribution is 0.415. The summed E-state index contributed by atoms with van der Waals surface area (Å²) in [4.78, 5) is 4.74. The highest BCUT2D eigenvalue weighted by Crippen LogP contribution is 2.29. The Labute approximate surface area is 114 Å². The van der Waals surface area contributed by atoms with Gasteiger partial charge >= 0.3 is 0 Å². The molecule has 2 rings (SSSR count). The van der Waals surface area contributed by atoms with E-state index in [-0.39, 0.29) is 5.41 Å². The van der Waals surface area contributed by atoms with E-state index in [0.29, 0.717) is 5.75 Å². The molecule has 0 aliphatic carbocycles. The number of thiol groups is 1. The van der Waals surface area contributed by atoms with E-state index in [1.807, 2.05) is 18.2 Å². The van der Waals surface area contributed by atoms with E-state index in [2.05, 4.69) is 39.5 Å². The topological polar surface area (TPSA) is 22.1 Å². The molecule has 1 aromatic carbocycles. The molecular weight excluding hydrogens is 242 g/mol. The number of nitrogens with zero attached hydrogens (tertiary/aromatic N) is 1. The third kappa shape index (κ3) is 2.46. The van der Waals surface area contributed by atoms with Gasteiger partial charge in [-0.15, -0.1) is 0 Å². The van der Waals surface area contributed by atoms with Crippen LogP contribution in [0.25, 0.3) is 10.9 Å². The van der Waals surface area contributed by atoms with Gasteiger partial charge < -0.3 is 4.74 Å². The van der Waals surface area contributed by atoms with Gasteiger partial charge in [-0.1, -0.05) is 20.8 Å². The molecule has 3 heteroatoms. The van der Waals surface area contributed by atoms with Gasteiger partial charge in [0, 0.05) is 22.2 Å². The van der Waals surface area contributed by atoms with Gasteiger partial charge in [0.1, 0.15) is 5.75 Å². The van der Waals surface area contributed by atoms with Crippen molar-refractivity contribution in [3.05, 3.63) is 35.5 Å². The van der Waals surface area contributed by atoms with Crippen LogP contribution in [0, 0.1) is 0 Å². The Morgan fingerprint density at radius 2 is 1.94 bits per heavy atom. The zero-order chi connectivity index (χ0) is 13.3. The predicted octanol–water partition coefficient (Wildman–Crippen LogP) is 3.97. The summed E-state index contributed by atoms with van der Waals surface area (Å²) in [5, 5.41) is 1.12. The van der Waals surface area contributed by atoms with Gasteiger partial charge in [-0.3, -0.25) is 4.98 Å². The molecule has 0 aliphatic heterocycles. The number of rotatable bonds is 2. The molecule has 1 heterocycles. The van der Waals surface area contributed by atoms with E-state index in [1.165, 1.54) is 5.56 Å². The lowest BCUT2D eigenvalue weighted by Gasteiger charge is -2.20. The molecule has 0 bridgehead atoms. The maximum absolute atomic E-state index is 5.27. The first-order valence-electron chi connectivity index (χ1n) is 6.04. The summed E-state index contributed by atoms with van der Waals surface area (Å²) in [6.45, 7) is 6.52. The normalized spacial score (nSPS) is 11.8. The molecule has 0 unspecified atom stereocenters. The molecule has 0 radical (unpaired) electrons. The molecule has 0 saturated heterocycles. The number of fused-ring (bicyclic) bond motifs is 1. The molecule has 0 N–H and O–H groups in total. The van der Waals surface area contributed by atoms with Crippen molar-refractivity contribution in [2.45, 2.75) is 31.9 Å². The Bertz CT molecular complexity index is 572. The van der Waals surface area contributed by atoms with Crippen LogP contribution in [0.15, 0.2) is 24.3 Å². The highest BCUT2D eigenvalue weighted by Gasteiger charge is 2.17. The molecule has 2 aromatic rings. The summed E-state index contributed by atoms with van der Waals surface area (Å²) in [6, 6.07) is 8.13. The monoisotopic (exact) mass is 261 g/mol. The molecular formula is C15H19NOS. The number of hydrogen-bond donors (Lipinski definition) is 1. The fourth-order valence-electron chi connectivity index (χ4n) is 1.92. The van der Waals surface area contributed by atoms with Gasteiger partial charge in [-0.25, -0.2) is 0 Å². The summed E-state index contributed by atoms with van der Waals surface area (Å²) >= 11 is 4.42. The van der Waals surface area contributed by atoms with Crippen LogP contribution in [0.4, 0.5) is 0 Å². The van der Waals surface area contributed by atoms with Crippen LogP contribution < -0.4 is 4.74 Å². The van der Waals surface area contributed by atoms with Crippen molar-refractivity contribution in [3.8, 4) is 5.75 Å². The van der Waals surface area contributed by atoms with Gasteiger partial charge in [0.15, 0.2) is 0 Å². The molecule has 96 valence electrons. The minimum atomic E-state index is 0.0474. The molecule has 0 amide bonds. The van der Waals surface area contributed by atoms with Crippen LogP contribution in [0.1, 0.15) is 32.0 Å². The van der Waals surface area contributed by atoms with E-state index in [9.17, 15) is 0 Å². The maximum Gasteiger partial charge on any atom is 0.119 e. The van der Waals surface area contributed by atoms with Crippen molar-refractivity contribution in [1.29, 1.82) is 0 Å². The summed E-state index contributed by atoms with van der Waals surface area (Å²) in [5.41, 5.74) is 3.36. The second kappa shape index (κ2) is 4.81. The van der Waals surface area contributed by atoms with Crippen molar-refractivity contribution in [2.75, 3.05) is 7.11 Å². The average Bonchev–Trinajstić information content (AvgIpc) is 2.35. The van der Waals surface area contributed by atoms with Crippen LogP contribution in [0.5, 0.6) is 5.75 Å². The summed E-state index contributed by atoms with van der Waals surface area (Å²) < 4.78 is 5.27. The molecule has 0 saturated carbocycles. The van der Waals surface area contributed by atoms with Crippen LogP contribution >= 0.6 is 12.6 Å². The molecule has 0 atom stereocenters. The standard InChI is InChI=1S/C15H19NOS/c1-15(2,3)14-7-10(9-18)12-8-11(17-4)5-6-13(12)16-14/h5-8,18H,9H2,1-4H3. The highest BCUT2D eigenvalue weighted by atomic mass is 32.1. The van der Waals surface area contributed by atoms with Gasteiger partial charge in [0.05, 0.1) is 12.6 Å². The first-order chi connectivity index (χ1) is 8.45. The van der Waals surface area contributed by atoms with Gasteiger partial charge in [-0.05, 0) is 29.8 Å². The molecule has 0 aliphatic rings. The summed E-state index contributed by atoms with van der Waals surface area (Å²) in [6.07, 6.45) is 0. The van der Waals surface area contributed by atoms with Gasteiger partial charge in [0.2, 0.25) is 0 Å².